The third-order valence-corrected chi connectivity index (χ3v) is 3.91. The van der Waals surface area contributed by atoms with Crippen molar-refractivity contribution in [1.29, 1.82) is 0 Å². The number of nitrogens with one attached hydrogen (secondary N) is 1. The molecule has 0 bridgehead atoms. The molecule has 0 aliphatic carbocycles. The number of amides is 2. The van der Waals surface area contributed by atoms with E-state index in [1.54, 1.807) is 11.9 Å². The molecule has 0 aromatic heterocycles. The zero-order chi connectivity index (χ0) is 14.9. The van der Waals surface area contributed by atoms with E-state index in [2.05, 4.69) is 12.2 Å². The molecule has 0 radical (unpaired) electrons. The lowest BCUT2D eigenvalue weighted by molar-refractivity contribution is -0.121. The summed E-state index contributed by atoms with van der Waals surface area (Å²) in [6.07, 6.45) is 2.43. The summed E-state index contributed by atoms with van der Waals surface area (Å²) in [5.74, 6) is 0.115. The van der Waals surface area contributed by atoms with Crippen LogP contribution >= 0.6 is 0 Å². The van der Waals surface area contributed by atoms with Crippen LogP contribution in [-0.4, -0.2) is 18.9 Å². The van der Waals surface area contributed by atoms with E-state index < -0.39 is 5.41 Å². The number of hydrogen-bond donors (Lipinski definition) is 1. The lowest BCUT2D eigenvalue weighted by atomic mass is 9.86. The molecule has 0 saturated carbocycles. The van der Waals surface area contributed by atoms with Crippen molar-refractivity contribution in [2.45, 2.75) is 45.4 Å². The van der Waals surface area contributed by atoms with E-state index in [0.29, 0.717) is 6.42 Å². The van der Waals surface area contributed by atoms with E-state index >= 15 is 0 Å². The number of carbonyl (C=O) groups excluding carboxylic acids is 2. The Hall–Kier alpha value is -1.84. The van der Waals surface area contributed by atoms with Gasteiger partial charge in [-0.05, 0) is 44.0 Å². The summed E-state index contributed by atoms with van der Waals surface area (Å²) in [6, 6.07) is 5.67. The lowest BCUT2D eigenvalue weighted by Crippen LogP contribution is -2.33. The van der Waals surface area contributed by atoms with E-state index in [1.807, 2.05) is 32.0 Å². The van der Waals surface area contributed by atoms with Crippen LogP contribution in [0.15, 0.2) is 18.2 Å². The van der Waals surface area contributed by atoms with E-state index in [-0.39, 0.29) is 11.8 Å². The zero-order valence-electron chi connectivity index (χ0n) is 12.6. The van der Waals surface area contributed by atoms with Crippen LogP contribution in [-0.2, 0) is 15.0 Å². The summed E-state index contributed by atoms with van der Waals surface area (Å²) in [5.41, 5.74) is 2.12. The van der Waals surface area contributed by atoms with Crippen LogP contribution in [0.2, 0.25) is 0 Å². The number of rotatable bonds is 4. The van der Waals surface area contributed by atoms with Gasteiger partial charge in [-0.3, -0.25) is 9.59 Å². The zero-order valence-corrected chi connectivity index (χ0v) is 12.6. The first-order chi connectivity index (χ1) is 9.37. The smallest absolute Gasteiger partial charge is 0.236 e. The maximum Gasteiger partial charge on any atom is 0.236 e. The highest BCUT2D eigenvalue weighted by Crippen LogP contribution is 2.41. The van der Waals surface area contributed by atoms with Crippen LogP contribution in [0.5, 0.6) is 0 Å². The third kappa shape index (κ3) is 2.42. The number of hydrogen-bond acceptors (Lipinski definition) is 2. The van der Waals surface area contributed by atoms with Crippen molar-refractivity contribution in [1.82, 2.24) is 0 Å². The average molecular weight is 274 g/mol. The van der Waals surface area contributed by atoms with Gasteiger partial charge in [-0.15, -0.1) is 0 Å². The molecule has 0 unspecified atom stereocenters. The van der Waals surface area contributed by atoms with Crippen molar-refractivity contribution in [3.8, 4) is 0 Å². The van der Waals surface area contributed by atoms with E-state index in [1.165, 1.54) is 0 Å². The van der Waals surface area contributed by atoms with E-state index in [0.717, 1.165) is 29.8 Å². The molecule has 1 aliphatic heterocycles. The van der Waals surface area contributed by atoms with Gasteiger partial charge in [0.15, 0.2) is 0 Å². The molecule has 0 atom stereocenters. The van der Waals surface area contributed by atoms with Gasteiger partial charge in [0, 0.05) is 24.8 Å². The Morgan fingerprint density at radius 3 is 2.70 bits per heavy atom. The topological polar surface area (TPSA) is 49.4 Å². The minimum atomic E-state index is -0.533. The van der Waals surface area contributed by atoms with Crippen LogP contribution < -0.4 is 10.2 Å². The van der Waals surface area contributed by atoms with Gasteiger partial charge >= 0.3 is 0 Å². The Labute approximate surface area is 120 Å². The van der Waals surface area contributed by atoms with E-state index in [4.69, 9.17) is 0 Å². The summed E-state index contributed by atoms with van der Waals surface area (Å²) < 4.78 is 0. The summed E-state index contributed by atoms with van der Waals surface area (Å²) in [4.78, 5) is 25.6. The molecule has 0 saturated heterocycles. The molecular formula is C16H22N2O2. The van der Waals surface area contributed by atoms with Crippen molar-refractivity contribution >= 4 is 23.2 Å². The highest BCUT2D eigenvalue weighted by molar-refractivity contribution is 6.07. The van der Waals surface area contributed by atoms with Gasteiger partial charge in [-0.1, -0.05) is 13.3 Å². The Morgan fingerprint density at radius 1 is 1.35 bits per heavy atom. The van der Waals surface area contributed by atoms with Gasteiger partial charge in [0.25, 0.3) is 0 Å². The summed E-state index contributed by atoms with van der Waals surface area (Å²) in [6.45, 7) is 5.90. The Morgan fingerprint density at radius 2 is 2.05 bits per heavy atom. The highest BCUT2D eigenvalue weighted by atomic mass is 16.2. The van der Waals surface area contributed by atoms with Crippen molar-refractivity contribution in [2.75, 3.05) is 17.3 Å². The van der Waals surface area contributed by atoms with Crippen molar-refractivity contribution < 1.29 is 9.59 Å². The van der Waals surface area contributed by atoms with Crippen LogP contribution in [0.1, 0.15) is 45.6 Å². The molecule has 1 aliphatic rings. The fourth-order valence-electron chi connectivity index (χ4n) is 2.61. The maximum atomic E-state index is 12.2. The fourth-order valence-corrected chi connectivity index (χ4v) is 2.61. The fraction of sp³-hybridized carbons (Fsp3) is 0.500. The SMILES string of the molecule is CCCCC(=O)Nc1ccc2c(c1)C(C)(C)C(=O)N2C. The molecule has 1 heterocycles. The second-order valence-electron chi connectivity index (χ2n) is 5.87. The molecule has 4 nitrogen and oxygen atoms in total. The Balaban J connectivity index is 2.23. The van der Waals surface area contributed by atoms with Gasteiger partial charge in [0.05, 0.1) is 5.41 Å². The monoisotopic (exact) mass is 274 g/mol. The number of likely N-dealkylation sites (N-methyl/N-ethyl adjacent to an activating group) is 1. The normalized spacial score (nSPS) is 16.2. The second-order valence-corrected chi connectivity index (χ2v) is 5.87. The molecule has 20 heavy (non-hydrogen) atoms. The first kappa shape index (κ1) is 14.6. The van der Waals surface area contributed by atoms with Gasteiger partial charge in [0.2, 0.25) is 11.8 Å². The van der Waals surface area contributed by atoms with Gasteiger partial charge in [-0.2, -0.15) is 0 Å². The van der Waals surface area contributed by atoms with Crippen LogP contribution in [0.4, 0.5) is 11.4 Å². The number of benzene rings is 1. The number of nitrogens with zero attached hydrogens (tertiary/aromatic N) is 1. The van der Waals surface area contributed by atoms with Crippen molar-refractivity contribution in [3.63, 3.8) is 0 Å². The van der Waals surface area contributed by atoms with Crippen LogP contribution in [0, 0.1) is 0 Å². The molecule has 1 N–H and O–H groups in total. The summed E-state index contributed by atoms with van der Waals surface area (Å²) >= 11 is 0. The third-order valence-electron chi connectivity index (χ3n) is 3.91. The van der Waals surface area contributed by atoms with Gasteiger partial charge in [0.1, 0.15) is 0 Å². The van der Waals surface area contributed by atoms with E-state index in [9.17, 15) is 9.59 Å². The predicted octanol–water partition coefficient (Wildman–Crippen LogP) is 3.07. The molecular weight excluding hydrogens is 252 g/mol. The second kappa shape index (κ2) is 5.27. The maximum absolute atomic E-state index is 12.2. The van der Waals surface area contributed by atoms with Crippen molar-refractivity contribution in [3.05, 3.63) is 23.8 Å². The molecule has 108 valence electrons. The highest BCUT2D eigenvalue weighted by Gasteiger charge is 2.42. The number of fused-ring (bicyclic) bond motifs is 1. The first-order valence-corrected chi connectivity index (χ1v) is 7.10. The Bertz CT molecular complexity index is 549. The standard InChI is InChI=1S/C16H22N2O2/c1-5-6-7-14(19)17-11-8-9-13-12(10-11)16(2,3)15(20)18(13)4/h8-10H,5-7H2,1-4H3,(H,17,19). The molecule has 2 amide bonds. The number of anilines is 2. The van der Waals surface area contributed by atoms with Gasteiger partial charge in [-0.25, -0.2) is 0 Å². The summed E-state index contributed by atoms with van der Waals surface area (Å²) in [7, 11) is 1.79. The molecule has 0 fully saturated rings. The molecule has 1 aromatic rings. The number of carbonyl (C=O) groups is 2. The van der Waals surface area contributed by atoms with Crippen LogP contribution in [0.3, 0.4) is 0 Å². The molecule has 1 aromatic carbocycles. The summed E-state index contributed by atoms with van der Waals surface area (Å²) in [5, 5.41) is 2.91. The van der Waals surface area contributed by atoms with Crippen molar-refractivity contribution in [2.24, 2.45) is 0 Å². The first-order valence-electron chi connectivity index (χ1n) is 7.10. The minimum Gasteiger partial charge on any atom is -0.326 e. The van der Waals surface area contributed by atoms with Gasteiger partial charge < -0.3 is 10.2 Å². The lowest BCUT2D eigenvalue weighted by Gasteiger charge is -2.16. The average Bonchev–Trinajstić information content (AvgIpc) is 2.58. The van der Waals surface area contributed by atoms with Crippen LogP contribution in [0.25, 0.3) is 0 Å². The molecule has 2 rings (SSSR count). The largest absolute Gasteiger partial charge is 0.326 e. The Kier molecular flexibility index (Phi) is 3.84. The quantitative estimate of drug-likeness (QED) is 0.917. The minimum absolute atomic E-state index is 0.0299. The number of unbranched alkanes of at least 4 members (excludes halogenated alkanes) is 1. The predicted molar refractivity (Wildman–Crippen MR) is 81.0 cm³/mol. The molecule has 0 spiro atoms. The molecule has 4 heteroatoms.